The van der Waals surface area contributed by atoms with E-state index >= 15 is 0 Å². The van der Waals surface area contributed by atoms with E-state index < -0.39 is 31.0 Å². The number of aliphatic hydroxyl groups is 7. The summed E-state index contributed by atoms with van der Waals surface area (Å²) in [5.41, 5.74) is 0. The standard InChI is InChI=1S/C6H12O6.C4H11NO2/c7-1-3(9)5(11)6(12)4(10)2-8;6-3-1-5-2-4-7/h1,3-6,8-12H,2H2;5-7H,1-4H2/t3-,4+,5+,6+;/m0./s1. The van der Waals surface area contributed by atoms with Gasteiger partial charge in [0.25, 0.3) is 0 Å². The van der Waals surface area contributed by atoms with Crippen LogP contribution in [0.3, 0.4) is 0 Å². The van der Waals surface area contributed by atoms with Crippen molar-refractivity contribution in [1.29, 1.82) is 0 Å². The second-order valence-corrected chi connectivity index (χ2v) is 3.55. The molecule has 0 aromatic rings. The molecule has 116 valence electrons. The molecule has 0 unspecified atom stereocenters. The molecular formula is C10H23NO8. The van der Waals surface area contributed by atoms with Crippen molar-refractivity contribution in [3.63, 3.8) is 0 Å². The minimum atomic E-state index is -1.79. The van der Waals surface area contributed by atoms with Gasteiger partial charge >= 0.3 is 0 Å². The molecule has 0 bridgehead atoms. The molecule has 0 heterocycles. The molecule has 0 radical (unpaired) electrons. The summed E-state index contributed by atoms with van der Waals surface area (Å²) in [7, 11) is 0. The summed E-state index contributed by atoms with van der Waals surface area (Å²) in [5.74, 6) is 0. The minimum absolute atomic E-state index is 0.0258. The molecule has 0 saturated carbocycles. The lowest BCUT2D eigenvalue weighted by molar-refractivity contribution is -0.136. The average Bonchev–Trinajstić information content (AvgIpc) is 2.45. The summed E-state index contributed by atoms with van der Waals surface area (Å²) < 4.78 is 0. The molecule has 8 N–H and O–H groups in total. The summed E-state index contributed by atoms with van der Waals surface area (Å²) in [4.78, 5) is 9.90. The van der Waals surface area contributed by atoms with Crippen LogP contribution < -0.4 is 5.32 Å². The minimum Gasteiger partial charge on any atom is -0.395 e. The van der Waals surface area contributed by atoms with Crippen LogP contribution in [-0.4, -0.2) is 99.4 Å². The van der Waals surface area contributed by atoms with E-state index in [1.807, 2.05) is 0 Å². The molecule has 0 aromatic heterocycles. The van der Waals surface area contributed by atoms with Crippen LogP contribution in [0.1, 0.15) is 0 Å². The zero-order chi connectivity index (χ0) is 15.3. The molecule has 0 aromatic carbocycles. The first-order valence-corrected chi connectivity index (χ1v) is 5.67. The molecular weight excluding hydrogens is 262 g/mol. The molecule has 0 aliphatic heterocycles. The third-order valence-corrected chi connectivity index (χ3v) is 2.00. The van der Waals surface area contributed by atoms with Gasteiger partial charge in [-0.3, -0.25) is 0 Å². The van der Waals surface area contributed by atoms with Gasteiger partial charge in [-0.25, -0.2) is 0 Å². The highest BCUT2D eigenvalue weighted by molar-refractivity contribution is 5.56. The van der Waals surface area contributed by atoms with Crippen molar-refractivity contribution in [1.82, 2.24) is 5.32 Å². The number of aldehydes is 1. The summed E-state index contributed by atoms with van der Waals surface area (Å²) >= 11 is 0. The summed E-state index contributed by atoms with van der Waals surface area (Å²) in [6, 6.07) is 0. The van der Waals surface area contributed by atoms with E-state index in [0.29, 0.717) is 13.1 Å². The van der Waals surface area contributed by atoms with Crippen molar-refractivity contribution in [2.75, 3.05) is 32.9 Å². The van der Waals surface area contributed by atoms with Gasteiger partial charge < -0.3 is 45.9 Å². The van der Waals surface area contributed by atoms with Gasteiger partial charge in [0.1, 0.15) is 24.4 Å². The number of nitrogens with one attached hydrogen (secondary N) is 1. The first-order chi connectivity index (χ1) is 8.95. The lowest BCUT2D eigenvalue weighted by Crippen LogP contribution is -2.46. The van der Waals surface area contributed by atoms with Gasteiger partial charge in [-0.15, -0.1) is 0 Å². The Kier molecular flexibility index (Phi) is 15.0. The average molecular weight is 285 g/mol. The van der Waals surface area contributed by atoms with Crippen LogP contribution in [0.15, 0.2) is 0 Å². The Labute approximate surface area is 110 Å². The van der Waals surface area contributed by atoms with Gasteiger partial charge in [-0.05, 0) is 0 Å². The van der Waals surface area contributed by atoms with Crippen LogP contribution >= 0.6 is 0 Å². The van der Waals surface area contributed by atoms with Gasteiger partial charge in [-0.1, -0.05) is 0 Å². The normalized spacial score (nSPS) is 16.8. The second kappa shape index (κ2) is 13.8. The Morgan fingerprint density at radius 2 is 1.37 bits per heavy atom. The van der Waals surface area contributed by atoms with Crippen molar-refractivity contribution in [3.05, 3.63) is 0 Å². The molecule has 0 rings (SSSR count). The fourth-order valence-corrected chi connectivity index (χ4v) is 0.901. The number of aliphatic hydroxyl groups excluding tert-OH is 7. The zero-order valence-corrected chi connectivity index (χ0v) is 10.5. The van der Waals surface area contributed by atoms with E-state index in [4.69, 9.17) is 35.7 Å². The topological polar surface area (TPSA) is 171 Å². The largest absolute Gasteiger partial charge is 0.395 e. The summed E-state index contributed by atoms with van der Waals surface area (Å²) in [6.07, 6.45) is -6.84. The van der Waals surface area contributed by atoms with Gasteiger partial charge in [0.2, 0.25) is 0 Å². The number of rotatable bonds is 9. The lowest BCUT2D eigenvalue weighted by Gasteiger charge is -2.22. The molecule has 9 nitrogen and oxygen atoms in total. The van der Waals surface area contributed by atoms with Gasteiger partial charge in [0.05, 0.1) is 19.8 Å². The second-order valence-electron chi connectivity index (χ2n) is 3.55. The number of hydrogen-bond donors (Lipinski definition) is 8. The molecule has 4 atom stereocenters. The maximum absolute atomic E-state index is 9.90. The Bertz CT molecular complexity index is 202. The molecule has 0 spiro atoms. The monoisotopic (exact) mass is 285 g/mol. The first-order valence-electron chi connectivity index (χ1n) is 5.67. The first kappa shape index (κ1) is 20.7. The Hall–Kier alpha value is -0.650. The van der Waals surface area contributed by atoms with Crippen molar-refractivity contribution in [3.8, 4) is 0 Å². The van der Waals surface area contributed by atoms with Crippen LogP contribution in [0, 0.1) is 0 Å². The van der Waals surface area contributed by atoms with E-state index in [-0.39, 0.29) is 19.5 Å². The maximum Gasteiger partial charge on any atom is 0.151 e. The molecule has 19 heavy (non-hydrogen) atoms. The van der Waals surface area contributed by atoms with Gasteiger partial charge in [0, 0.05) is 13.1 Å². The SMILES string of the molecule is O=C[C@H](O)[C@@H](O)[C@H](O)[C@H](O)CO.OCCNCCO. The zero-order valence-electron chi connectivity index (χ0n) is 10.5. The van der Waals surface area contributed by atoms with Crippen LogP contribution in [0.5, 0.6) is 0 Å². The Morgan fingerprint density at radius 3 is 1.68 bits per heavy atom. The van der Waals surface area contributed by atoms with Gasteiger partial charge in [-0.2, -0.15) is 0 Å². The predicted octanol–water partition coefficient (Wildman–Crippen LogP) is -4.82. The number of carbonyl (C=O) groups is 1. The van der Waals surface area contributed by atoms with E-state index in [9.17, 15) is 4.79 Å². The molecule has 0 aliphatic carbocycles. The fourth-order valence-electron chi connectivity index (χ4n) is 0.901. The molecule has 0 saturated heterocycles. The van der Waals surface area contributed by atoms with E-state index in [2.05, 4.69) is 5.32 Å². The highest BCUT2D eigenvalue weighted by atomic mass is 16.4. The van der Waals surface area contributed by atoms with Crippen LogP contribution in [0.4, 0.5) is 0 Å². The lowest BCUT2D eigenvalue weighted by atomic mass is 10.0. The van der Waals surface area contributed by atoms with Crippen molar-refractivity contribution in [2.24, 2.45) is 0 Å². The van der Waals surface area contributed by atoms with Crippen molar-refractivity contribution in [2.45, 2.75) is 24.4 Å². The predicted molar refractivity (Wildman–Crippen MR) is 64.2 cm³/mol. The molecule has 0 fully saturated rings. The van der Waals surface area contributed by atoms with Crippen molar-refractivity contribution < 1.29 is 40.5 Å². The summed E-state index contributed by atoms with van der Waals surface area (Å²) in [6.45, 7) is 0.658. The van der Waals surface area contributed by atoms with E-state index in [0.717, 1.165) is 0 Å². The van der Waals surface area contributed by atoms with Crippen molar-refractivity contribution >= 4 is 6.29 Å². The van der Waals surface area contributed by atoms with Gasteiger partial charge in [0.15, 0.2) is 6.29 Å². The molecule has 0 aliphatic rings. The van der Waals surface area contributed by atoms with Crippen LogP contribution in [-0.2, 0) is 4.79 Å². The smallest absolute Gasteiger partial charge is 0.151 e. The fraction of sp³-hybridized carbons (Fsp3) is 0.900. The van der Waals surface area contributed by atoms with E-state index in [1.165, 1.54) is 0 Å². The molecule has 9 heteroatoms. The van der Waals surface area contributed by atoms with Crippen LogP contribution in [0.2, 0.25) is 0 Å². The quantitative estimate of drug-likeness (QED) is 0.153. The Balaban J connectivity index is 0. The summed E-state index contributed by atoms with van der Waals surface area (Å²) in [5, 5.41) is 62.6. The highest BCUT2D eigenvalue weighted by Crippen LogP contribution is 2.02. The molecule has 0 amide bonds. The maximum atomic E-state index is 9.90. The third kappa shape index (κ3) is 10.9. The third-order valence-electron chi connectivity index (χ3n) is 2.00. The van der Waals surface area contributed by atoms with Crippen LogP contribution in [0.25, 0.3) is 0 Å². The number of carbonyl (C=O) groups excluding carboxylic acids is 1. The highest BCUT2D eigenvalue weighted by Gasteiger charge is 2.29. The van der Waals surface area contributed by atoms with E-state index in [1.54, 1.807) is 0 Å². The number of hydrogen-bond acceptors (Lipinski definition) is 9. The Morgan fingerprint density at radius 1 is 0.895 bits per heavy atom.